The number of hydrogen-bond donors (Lipinski definition) is 1. The Morgan fingerprint density at radius 1 is 1.25 bits per heavy atom. The molecule has 2 fully saturated rings. The van der Waals surface area contributed by atoms with E-state index >= 15 is 0 Å². The number of aliphatic hydroxyl groups excluding tert-OH is 1. The molecule has 5 nitrogen and oxygen atoms in total. The Balaban J connectivity index is 1.43. The Morgan fingerprint density at radius 2 is 1.88 bits per heavy atom. The molecule has 1 aliphatic heterocycles. The first kappa shape index (κ1) is 17.2. The highest BCUT2D eigenvalue weighted by Gasteiger charge is 2.31. The van der Waals surface area contributed by atoms with Gasteiger partial charge in [-0.25, -0.2) is 4.39 Å². The van der Waals surface area contributed by atoms with Crippen molar-refractivity contribution >= 4 is 11.6 Å². The number of piperazine rings is 1. The molecule has 1 amide bonds. The molecule has 1 heterocycles. The first-order valence-corrected chi connectivity index (χ1v) is 8.68. The second-order valence-corrected chi connectivity index (χ2v) is 6.95. The van der Waals surface area contributed by atoms with Gasteiger partial charge >= 0.3 is 0 Å². The number of amides is 1. The minimum absolute atomic E-state index is 0.110. The molecule has 1 atom stereocenters. The van der Waals surface area contributed by atoms with E-state index in [2.05, 4.69) is 4.90 Å². The fourth-order valence-electron chi connectivity index (χ4n) is 3.21. The van der Waals surface area contributed by atoms with Crippen LogP contribution in [0.4, 0.5) is 10.1 Å². The normalized spacial score (nSPS) is 19.7. The van der Waals surface area contributed by atoms with Gasteiger partial charge in [0.15, 0.2) is 0 Å². The first-order valence-electron chi connectivity index (χ1n) is 8.68. The molecule has 0 aromatic heterocycles. The van der Waals surface area contributed by atoms with Crippen LogP contribution in [0.3, 0.4) is 0 Å². The third-order valence-electron chi connectivity index (χ3n) is 4.89. The van der Waals surface area contributed by atoms with Crippen LogP contribution in [0.5, 0.6) is 0 Å². The zero-order chi connectivity index (χ0) is 17.1. The Hall–Kier alpha value is -1.66. The standard InChI is InChI=1S/C18H26FN3O2/c1-20(12-17(23)14-2-3-14)13-18(24)22-10-8-21(9-11-22)16-6-4-15(19)5-7-16/h4-7,14,17,23H,2-3,8-13H2,1H3. The Bertz CT molecular complexity index is 554. The van der Waals surface area contributed by atoms with Gasteiger partial charge in [0.2, 0.25) is 5.91 Å². The van der Waals surface area contributed by atoms with Crippen molar-refractivity contribution in [2.24, 2.45) is 5.92 Å². The highest BCUT2D eigenvalue weighted by molar-refractivity contribution is 5.78. The quantitative estimate of drug-likeness (QED) is 0.848. The summed E-state index contributed by atoms with van der Waals surface area (Å²) >= 11 is 0. The van der Waals surface area contributed by atoms with Gasteiger partial charge < -0.3 is 14.9 Å². The third kappa shape index (κ3) is 4.45. The summed E-state index contributed by atoms with van der Waals surface area (Å²) in [6.45, 7) is 3.77. The number of rotatable bonds is 6. The van der Waals surface area contributed by atoms with Gasteiger partial charge in [-0.1, -0.05) is 0 Å². The zero-order valence-corrected chi connectivity index (χ0v) is 14.2. The molecule has 2 aliphatic rings. The van der Waals surface area contributed by atoms with Crippen LogP contribution in [0, 0.1) is 11.7 Å². The number of carbonyl (C=O) groups is 1. The SMILES string of the molecule is CN(CC(=O)N1CCN(c2ccc(F)cc2)CC1)CC(O)C1CC1. The van der Waals surface area contributed by atoms with Gasteiger partial charge in [-0.3, -0.25) is 9.69 Å². The van der Waals surface area contributed by atoms with E-state index in [0.29, 0.717) is 32.1 Å². The number of nitrogens with zero attached hydrogens (tertiary/aromatic N) is 3. The van der Waals surface area contributed by atoms with Crippen molar-refractivity contribution in [3.8, 4) is 0 Å². The zero-order valence-electron chi connectivity index (χ0n) is 14.2. The highest BCUT2D eigenvalue weighted by atomic mass is 19.1. The molecule has 132 valence electrons. The predicted molar refractivity (Wildman–Crippen MR) is 91.4 cm³/mol. The second kappa shape index (κ2) is 7.49. The van der Waals surface area contributed by atoms with E-state index < -0.39 is 0 Å². The summed E-state index contributed by atoms with van der Waals surface area (Å²) in [4.78, 5) is 18.4. The maximum atomic E-state index is 13.0. The molecule has 3 rings (SSSR count). The van der Waals surface area contributed by atoms with E-state index in [9.17, 15) is 14.3 Å². The lowest BCUT2D eigenvalue weighted by Gasteiger charge is -2.36. The van der Waals surface area contributed by atoms with Gasteiger partial charge in [0.25, 0.3) is 0 Å². The van der Waals surface area contributed by atoms with E-state index in [-0.39, 0.29) is 17.8 Å². The molecule has 1 N–H and O–H groups in total. The van der Waals surface area contributed by atoms with E-state index in [4.69, 9.17) is 0 Å². The average molecular weight is 335 g/mol. The summed E-state index contributed by atoms with van der Waals surface area (Å²) in [7, 11) is 1.89. The van der Waals surface area contributed by atoms with Crippen LogP contribution in [-0.2, 0) is 4.79 Å². The van der Waals surface area contributed by atoms with Gasteiger partial charge in [0.1, 0.15) is 5.82 Å². The molecule has 1 aromatic carbocycles. The van der Waals surface area contributed by atoms with E-state index in [1.54, 1.807) is 12.1 Å². The Labute approximate surface area is 142 Å². The molecule has 24 heavy (non-hydrogen) atoms. The summed E-state index contributed by atoms with van der Waals surface area (Å²) in [6.07, 6.45) is 1.90. The molecule has 6 heteroatoms. The van der Waals surface area contributed by atoms with Crippen molar-refractivity contribution in [1.82, 2.24) is 9.80 Å². The minimum Gasteiger partial charge on any atom is -0.392 e. The maximum absolute atomic E-state index is 13.0. The summed E-state index contributed by atoms with van der Waals surface area (Å²) in [5, 5.41) is 9.96. The number of hydrogen-bond acceptors (Lipinski definition) is 4. The number of benzene rings is 1. The molecule has 1 aliphatic carbocycles. The van der Waals surface area contributed by atoms with Crippen molar-refractivity contribution < 1.29 is 14.3 Å². The number of halogens is 1. The van der Waals surface area contributed by atoms with Gasteiger partial charge in [-0.15, -0.1) is 0 Å². The number of likely N-dealkylation sites (N-methyl/N-ethyl adjacent to an activating group) is 1. The summed E-state index contributed by atoms with van der Waals surface area (Å²) in [5.41, 5.74) is 0.994. The van der Waals surface area contributed by atoms with Crippen LogP contribution in [0.2, 0.25) is 0 Å². The van der Waals surface area contributed by atoms with Crippen LogP contribution in [0.1, 0.15) is 12.8 Å². The van der Waals surface area contributed by atoms with Crippen LogP contribution in [0.15, 0.2) is 24.3 Å². The van der Waals surface area contributed by atoms with Crippen molar-refractivity contribution in [2.45, 2.75) is 18.9 Å². The fourth-order valence-corrected chi connectivity index (χ4v) is 3.21. The number of aliphatic hydroxyl groups is 1. The van der Waals surface area contributed by atoms with Gasteiger partial charge in [-0.05, 0) is 50.1 Å². The molecule has 1 aromatic rings. The van der Waals surface area contributed by atoms with Gasteiger partial charge in [-0.2, -0.15) is 0 Å². The van der Waals surface area contributed by atoms with Crippen LogP contribution in [0.25, 0.3) is 0 Å². The van der Waals surface area contributed by atoms with Crippen molar-refractivity contribution in [3.05, 3.63) is 30.1 Å². The average Bonchev–Trinajstić information content (AvgIpc) is 3.40. The van der Waals surface area contributed by atoms with Gasteiger partial charge in [0, 0.05) is 38.4 Å². The molecule has 0 bridgehead atoms. The predicted octanol–water partition coefficient (Wildman–Crippen LogP) is 1.18. The first-order chi connectivity index (χ1) is 11.5. The summed E-state index contributed by atoms with van der Waals surface area (Å²) < 4.78 is 13.0. The maximum Gasteiger partial charge on any atom is 0.236 e. The Kier molecular flexibility index (Phi) is 5.36. The molecule has 0 radical (unpaired) electrons. The highest BCUT2D eigenvalue weighted by Crippen LogP contribution is 2.32. The van der Waals surface area contributed by atoms with Crippen molar-refractivity contribution in [1.29, 1.82) is 0 Å². The summed E-state index contributed by atoms with van der Waals surface area (Å²) in [5.74, 6) is 0.310. The van der Waals surface area contributed by atoms with Crippen LogP contribution < -0.4 is 4.90 Å². The lowest BCUT2D eigenvalue weighted by atomic mass is 10.2. The molecular weight excluding hydrogens is 309 g/mol. The minimum atomic E-state index is -0.307. The van der Waals surface area contributed by atoms with Crippen LogP contribution in [-0.4, -0.2) is 73.2 Å². The second-order valence-electron chi connectivity index (χ2n) is 6.95. The smallest absolute Gasteiger partial charge is 0.236 e. The molecule has 0 spiro atoms. The molecular formula is C18H26FN3O2. The molecule has 1 saturated carbocycles. The van der Waals surface area contributed by atoms with E-state index in [1.807, 2.05) is 16.8 Å². The summed E-state index contributed by atoms with van der Waals surface area (Å²) in [6, 6.07) is 6.49. The lowest BCUT2D eigenvalue weighted by molar-refractivity contribution is -0.132. The Morgan fingerprint density at radius 3 is 2.46 bits per heavy atom. The molecule has 1 unspecified atom stereocenters. The van der Waals surface area contributed by atoms with E-state index in [0.717, 1.165) is 31.6 Å². The monoisotopic (exact) mass is 335 g/mol. The van der Waals surface area contributed by atoms with Crippen LogP contribution >= 0.6 is 0 Å². The largest absolute Gasteiger partial charge is 0.392 e. The third-order valence-corrected chi connectivity index (χ3v) is 4.89. The molecule has 1 saturated heterocycles. The topological polar surface area (TPSA) is 47.0 Å². The van der Waals surface area contributed by atoms with Crippen molar-refractivity contribution in [2.75, 3.05) is 51.2 Å². The number of carbonyl (C=O) groups excluding carboxylic acids is 1. The van der Waals surface area contributed by atoms with Gasteiger partial charge in [0.05, 0.1) is 12.6 Å². The lowest BCUT2D eigenvalue weighted by Crippen LogP contribution is -2.51. The fraction of sp³-hybridized carbons (Fsp3) is 0.611. The van der Waals surface area contributed by atoms with E-state index in [1.165, 1.54) is 12.1 Å². The number of anilines is 1. The van der Waals surface area contributed by atoms with Crippen molar-refractivity contribution in [3.63, 3.8) is 0 Å².